The highest BCUT2D eigenvalue weighted by atomic mass is 127. The fraction of sp³-hybridized carbons (Fsp3) is 0.600. The molecule has 0 bridgehead atoms. The van der Waals surface area contributed by atoms with Gasteiger partial charge in [-0.2, -0.15) is 0 Å². The molecule has 1 aliphatic carbocycles. The summed E-state index contributed by atoms with van der Waals surface area (Å²) in [4.78, 5) is 8.65. The fourth-order valence-electron chi connectivity index (χ4n) is 2.48. The highest BCUT2D eigenvalue weighted by molar-refractivity contribution is 14.0. The number of rotatable bonds is 4. The van der Waals surface area contributed by atoms with E-state index in [1.165, 1.54) is 32.1 Å². The maximum absolute atomic E-state index is 5.12. The number of aliphatic imine (C=N–C) groups is 1. The Kier molecular flexibility index (Phi) is 8.41. The van der Waals surface area contributed by atoms with Gasteiger partial charge in [-0.1, -0.05) is 25.3 Å². The van der Waals surface area contributed by atoms with E-state index in [1.54, 1.807) is 14.2 Å². The number of hydrogen-bond donors (Lipinski definition) is 2. The van der Waals surface area contributed by atoms with Gasteiger partial charge in [0.2, 0.25) is 5.88 Å². The Morgan fingerprint density at radius 3 is 2.76 bits per heavy atom. The summed E-state index contributed by atoms with van der Waals surface area (Å²) in [5, 5.41) is 6.79. The number of nitrogens with one attached hydrogen (secondary N) is 2. The molecule has 0 radical (unpaired) electrons. The van der Waals surface area contributed by atoms with Gasteiger partial charge in [0.15, 0.2) is 5.96 Å². The van der Waals surface area contributed by atoms with Crippen LogP contribution >= 0.6 is 24.0 Å². The zero-order chi connectivity index (χ0) is 14.2. The van der Waals surface area contributed by atoms with E-state index in [0.717, 1.165) is 11.7 Å². The first-order chi connectivity index (χ1) is 9.81. The molecule has 2 N–H and O–H groups in total. The lowest BCUT2D eigenvalue weighted by atomic mass is 9.96. The number of pyridine rings is 1. The largest absolute Gasteiger partial charge is 0.481 e. The molecule has 0 spiro atoms. The average Bonchev–Trinajstić information content (AvgIpc) is 2.52. The molecule has 21 heavy (non-hydrogen) atoms. The van der Waals surface area contributed by atoms with Gasteiger partial charge in [-0.25, -0.2) is 4.98 Å². The van der Waals surface area contributed by atoms with Gasteiger partial charge < -0.3 is 15.4 Å². The topological polar surface area (TPSA) is 58.5 Å². The van der Waals surface area contributed by atoms with Gasteiger partial charge in [-0.15, -0.1) is 24.0 Å². The van der Waals surface area contributed by atoms with Crippen LogP contribution < -0.4 is 15.4 Å². The molecule has 118 valence electrons. The standard InChI is InChI=1S/C15H24N4O.HI/c1-16-15(19-12-7-4-3-5-8-12)17-11-13-9-6-10-14(18-13)20-2;/h6,9-10,12H,3-5,7-8,11H2,1-2H3,(H2,16,17,19);1H. The van der Waals surface area contributed by atoms with E-state index in [1.807, 2.05) is 18.2 Å². The number of nitrogens with zero attached hydrogens (tertiary/aromatic N) is 2. The van der Waals surface area contributed by atoms with Crippen molar-refractivity contribution in [3.8, 4) is 5.88 Å². The lowest BCUT2D eigenvalue weighted by Gasteiger charge is -2.24. The quantitative estimate of drug-likeness (QED) is 0.460. The van der Waals surface area contributed by atoms with E-state index >= 15 is 0 Å². The number of aromatic nitrogens is 1. The first kappa shape index (κ1) is 18.0. The monoisotopic (exact) mass is 404 g/mol. The third kappa shape index (κ3) is 6.07. The molecule has 0 aromatic carbocycles. The number of hydrogen-bond acceptors (Lipinski definition) is 3. The van der Waals surface area contributed by atoms with Gasteiger partial charge in [0.25, 0.3) is 0 Å². The van der Waals surface area contributed by atoms with Crippen molar-refractivity contribution in [3.63, 3.8) is 0 Å². The van der Waals surface area contributed by atoms with Crippen LogP contribution in [0.25, 0.3) is 0 Å². The van der Waals surface area contributed by atoms with Crippen LogP contribution in [0.4, 0.5) is 0 Å². The lowest BCUT2D eigenvalue weighted by Crippen LogP contribution is -2.43. The first-order valence-corrected chi connectivity index (χ1v) is 7.29. The second-order valence-corrected chi connectivity index (χ2v) is 5.08. The molecule has 0 unspecified atom stereocenters. The molecule has 0 amide bonds. The van der Waals surface area contributed by atoms with Crippen molar-refractivity contribution in [2.24, 2.45) is 4.99 Å². The molecule has 0 atom stereocenters. The third-order valence-corrected chi connectivity index (χ3v) is 3.60. The summed E-state index contributed by atoms with van der Waals surface area (Å²) in [7, 11) is 3.43. The predicted molar refractivity (Wildman–Crippen MR) is 96.4 cm³/mol. The maximum atomic E-state index is 5.12. The Bertz CT molecular complexity index is 447. The SMILES string of the molecule is CN=C(NCc1cccc(OC)n1)NC1CCCCC1.I. The highest BCUT2D eigenvalue weighted by Gasteiger charge is 2.14. The third-order valence-electron chi connectivity index (χ3n) is 3.60. The second kappa shape index (κ2) is 9.81. The van der Waals surface area contributed by atoms with Crippen LogP contribution in [0.1, 0.15) is 37.8 Å². The summed E-state index contributed by atoms with van der Waals surface area (Å²) in [6.07, 6.45) is 6.45. The van der Waals surface area contributed by atoms with E-state index in [9.17, 15) is 0 Å². The highest BCUT2D eigenvalue weighted by Crippen LogP contribution is 2.17. The van der Waals surface area contributed by atoms with Crippen LogP contribution in [0.3, 0.4) is 0 Å². The van der Waals surface area contributed by atoms with Crippen molar-refractivity contribution in [2.45, 2.75) is 44.7 Å². The molecule has 0 aliphatic heterocycles. The summed E-state index contributed by atoms with van der Waals surface area (Å²) >= 11 is 0. The fourth-order valence-corrected chi connectivity index (χ4v) is 2.48. The minimum absolute atomic E-state index is 0. The van der Waals surface area contributed by atoms with Crippen LogP contribution in [-0.4, -0.2) is 31.1 Å². The van der Waals surface area contributed by atoms with E-state index in [4.69, 9.17) is 4.74 Å². The molecular formula is C15H25IN4O. The number of ether oxygens (including phenoxy) is 1. The van der Waals surface area contributed by atoms with Gasteiger partial charge in [0.05, 0.1) is 19.3 Å². The molecule has 1 aliphatic rings. The second-order valence-electron chi connectivity index (χ2n) is 5.08. The van der Waals surface area contributed by atoms with Crippen molar-refractivity contribution in [2.75, 3.05) is 14.2 Å². The molecular weight excluding hydrogens is 379 g/mol. The molecule has 0 saturated heterocycles. The Hall–Kier alpha value is -1.05. The molecule has 2 rings (SSSR count). The average molecular weight is 404 g/mol. The smallest absolute Gasteiger partial charge is 0.213 e. The van der Waals surface area contributed by atoms with Gasteiger partial charge in [-0.3, -0.25) is 4.99 Å². The van der Waals surface area contributed by atoms with Crippen LogP contribution in [0, 0.1) is 0 Å². The molecule has 1 aromatic heterocycles. The van der Waals surface area contributed by atoms with Crippen LogP contribution in [0.2, 0.25) is 0 Å². The van der Waals surface area contributed by atoms with E-state index < -0.39 is 0 Å². The summed E-state index contributed by atoms with van der Waals surface area (Å²) in [5.41, 5.74) is 0.941. The molecule has 1 heterocycles. The summed E-state index contributed by atoms with van der Waals surface area (Å²) < 4.78 is 5.12. The van der Waals surface area contributed by atoms with Gasteiger partial charge in [-0.05, 0) is 18.9 Å². The zero-order valence-corrected chi connectivity index (χ0v) is 15.1. The Morgan fingerprint density at radius 1 is 1.33 bits per heavy atom. The Balaban J connectivity index is 0.00000220. The van der Waals surface area contributed by atoms with Crippen LogP contribution in [-0.2, 0) is 6.54 Å². The van der Waals surface area contributed by atoms with E-state index in [0.29, 0.717) is 18.5 Å². The lowest BCUT2D eigenvalue weighted by molar-refractivity contribution is 0.395. The van der Waals surface area contributed by atoms with Crippen molar-refractivity contribution in [1.29, 1.82) is 0 Å². The van der Waals surface area contributed by atoms with Crippen molar-refractivity contribution in [1.82, 2.24) is 15.6 Å². The van der Waals surface area contributed by atoms with E-state index in [2.05, 4.69) is 20.6 Å². The van der Waals surface area contributed by atoms with Gasteiger partial charge in [0.1, 0.15) is 0 Å². The maximum Gasteiger partial charge on any atom is 0.213 e. The van der Waals surface area contributed by atoms with Crippen LogP contribution in [0.5, 0.6) is 5.88 Å². The number of halogens is 1. The molecule has 1 fully saturated rings. The van der Waals surface area contributed by atoms with Crippen molar-refractivity contribution >= 4 is 29.9 Å². The van der Waals surface area contributed by atoms with Gasteiger partial charge in [0, 0.05) is 19.2 Å². The zero-order valence-electron chi connectivity index (χ0n) is 12.8. The Morgan fingerprint density at radius 2 is 2.10 bits per heavy atom. The van der Waals surface area contributed by atoms with E-state index in [-0.39, 0.29) is 24.0 Å². The van der Waals surface area contributed by atoms with Crippen molar-refractivity contribution < 1.29 is 4.74 Å². The number of guanidine groups is 1. The summed E-state index contributed by atoms with van der Waals surface area (Å²) in [6, 6.07) is 6.32. The summed E-state index contributed by atoms with van der Waals surface area (Å²) in [5.74, 6) is 1.49. The van der Waals surface area contributed by atoms with Crippen molar-refractivity contribution in [3.05, 3.63) is 23.9 Å². The van der Waals surface area contributed by atoms with Gasteiger partial charge >= 0.3 is 0 Å². The Labute approximate surface area is 144 Å². The minimum Gasteiger partial charge on any atom is -0.481 e. The molecule has 1 saturated carbocycles. The summed E-state index contributed by atoms with van der Waals surface area (Å²) in [6.45, 7) is 0.642. The molecule has 1 aromatic rings. The first-order valence-electron chi connectivity index (χ1n) is 7.29. The number of methoxy groups -OCH3 is 1. The van der Waals surface area contributed by atoms with Crippen LogP contribution in [0.15, 0.2) is 23.2 Å². The normalized spacial score (nSPS) is 16.0. The predicted octanol–water partition coefficient (Wildman–Crippen LogP) is 2.71. The molecule has 5 nitrogen and oxygen atoms in total. The minimum atomic E-state index is 0. The molecule has 6 heteroatoms.